The molecule has 0 amide bonds. The molecule has 1 saturated heterocycles. The van der Waals surface area contributed by atoms with Crippen LogP contribution in [0.5, 0.6) is 0 Å². The number of sulfonamides is 1. The summed E-state index contributed by atoms with van der Waals surface area (Å²) in [5.74, 6) is 0.250. The Morgan fingerprint density at radius 1 is 1.50 bits per heavy atom. The van der Waals surface area contributed by atoms with Crippen molar-refractivity contribution in [1.82, 2.24) is 9.71 Å². The van der Waals surface area contributed by atoms with Crippen LogP contribution < -0.4 is 10.0 Å². The SMILES string of the molecule is CCCNc1cccnc1S(=O)(=O)NCC1CCOC1. The maximum absolute atomic E-state index is 12.3. The minimum atomic E-state index is -3.59. The highest BCUT2D eigenvalue weighted by Crippen LogP contribution is 2.19. The van der Waals surface area contributed by atoms with Gasteiger partial charge in [-0.2, -0.15) is 0 Å². The first-order valence-electron chi connectivity index (χ1n) is 6.90. The van der Waals surface area contributed by atoms with Gasteiger partial charge in [0.25, 0.3) is 10.0 Å². The van der Waals surface area contributed by atoms with Gasteiger partial charge in [0.15, 0.2) is 5.03 Å². The molecule has 1 atom stereocenters. The van der Waals surface area contributed by atoms with Crippen molar-refractivity contribution in [3.8, 4) is 0 Å². The molecule has 0 saturated carbocycles. The van der Waals surface area contributed by atoms with Gasteiger partial charge < -0.3 is 10.1 Å². The maximum atomic E-state index is 12.3. The van der Waals surface area contributed by atoms with Gasteiger partial charge in [-0.05, 0) is 30.9 Å². The molecule has 2 heterocycles. The number of nitrogens with zero attached hydrogens (tertiary/aromatic N) is 1. The number of rotatable bonds is 7. The van der Waals surface area contributed by atoms with E-state index in [1.807, 2.05) is 6.92 Å². The second-order valence-electron chi connectivity index (χ2n) is 4.86. The van der Waals surface area contributed by atoms with E-state index in [4.69, 9.17) is 4.74 Å². The van der Waals surface area contributed by atoms with Crippen LogP contribution in [0, 0.1) is 5.92 Å². The molecule has 1 aliphatic heterocycles. The van der Waals surface area contributed by atoms with Crippen LogP contribution in [0.3, 0.4) is 0 Å². The third-order valence-electron chi connectivity index (χ3n) is 3.18. The van der Waals surface area contributed by atoms with Crippen molar-refractivity contribution >= 4 is 15.7 Å². The summed E-state index contributed by atoms with van der Waals surface area (Å²) >= 11 is 0. The second-order valence-corrected chi connectivity index (χ2v) is 6.55. The molecule has 112 valence electrons. The molecule has 0 aliphatic carbocycles. The zero-order chi connectivity index (χ0) is 14.4. The first-order chi connectivity index (χ1) is 9.63. The molecule has 1 aromatic heterocycles. The normalized spacial score (nSPS) is 19.1. The predicted octanol–water partition coefficient (Wildman–Crippen LogP) is 1.22. The van der Waals surface area contributed by atoms with Crippen molar-refractivity contribution in [3.05, 3.63) is 18.3 Å². The van der Waals surface area contributed by atoms with Gasteiger partial charge >= 0.3 is 0 Å². The van der Waals surface area contributed by atoms with Crippen LogP contribution in [0.4, 0.5) is 5.69 Å². The minimum absolute atomic E-state index is 0.0624. The third-order valence-corrected chi connectivity index (χ3v) is 4.56. The summed E-state index contributed by atoms with van der Waals surface area (Å²) in [7, 11) is -3.59. The fourth-order valence-electron chi connectivity index (χ4n) is 2.04. The number of anilines is 1. The van der Waals surface area contributed by atoms with Gasteiger partial charge in [0, 0.05) is 25.9 Å². The molecular formula is C13H21N3O3S. The summed E-state index contributed by atoms with van der Waals surface area (Å²) in [5.41, 5.74) is 0.546. The lowest BCUT2D eigenvalue weighted by molar-refractivity contribution is 0.186. The lowest BCUT2D eigenvalue weighted by atomic mass is 10.1. The Labute approximate surface area is 120 Å². The van der Waals surface area contributed by atoms with Crippen LogP contribution in [0.1, 0.15) is 19.8 Å². The molecule has 1 unspecified atom stereocenters. The standard InChI is InChI=1S/C13H21N3O3S/c1-2-6-14-12-4-3-7-15-13(12)20(17,18)16-9-11-5-8-19-10-11/h3-4,7,11,14,16H,2,5-6,8-10H2,1H3. The summed E-state index contributed by atoms with van der Waals surface area (Å²) in [5, 5.41) is 3.15. The molecule has 0 bridgehead atoms. The Kier molecular flexibility index (Phi) is 5.33. The van der Waals surface area contributed by atoms with Gasteiger partial charge in [0.1, 0.15) is 0 Å². The molecule has 20 heavy (non-hydrogen) atoms. The van der Waals surface area contributed by atoms with Crippen LogP contribution in [0.25, 0.3) is 0 Å². The molecule has 2 rings (SSSR count). The average Bonchev–Trinajstić information content (AvgIpc) is 2.97. The molecule has 1 aromatic rings. The minimum Gasteiger partial charge on any atom is -0.383 e. The fraction of sp³-hybridized carbons (Fsp3) is 0.615. The lowest BCUT2D eigenvalue weighted by Gasteiger charge is -2.13. The van der Waals surface area contributed by atoms with E-state index >= 15 is 0 Å². The zero-order valence-electron chi connectivity index (χ0n) is 11.6. The second kappa shape index (κ2) is 7.01. The monoisotopic (exact) mass is 299 g/mol. The van der Waals surface area contributed by atoms with Crippen LogP contribution in [-0.4, -0.2) is 39.7 Å². The van der Waals surface area contributed by atoms with Crippen LogP contribution in [-0.2, 0) is 14.8 Å². The van der Waals surface area contributed by atoms with Gasteiger partial charge in [-0.15, -0.1) is 0 Å². The van der Waals surface area contributed by atoms with E-state index in [2.05, 4.69) is 15.0 Å². The van der Waals surface area contributed by atoms with Crippen molar-refractivity contribution in [2.24, 2.45) is 5.92 Å². The number of hydrogen-bond donors (Lipinski definition) is 2. The Morgan fingerprint density at radius 3 is 3.05 bits per heavy atom. The van der Waals surface area contributed by atoms with Gasteiger partial charge in [-0.1, -0.05) is 6.92 Å². The van der Waals surface area contributed by atoms with E-state index < -0.39 is 10.0 Å². The van der Waals surface area contributed by atoms with E-state index in [-0.39, 0.29) is 10.9 Å². The van der Waals surface area contributed by atoms with Crippen molar-refractivity contribution in [1.29, 1.82) is 0 Å². The van der Waals surface area contributed by atoms with Crippen molar-refractivity contribution < 1.29 is 13.2 Å². The Hall–Kier alpha value is -1.18. The molecule has 0 aromatic carbocycles. The smallest absolute Gasteiger partial charge is 0.260 e. The van der Waals surface area contributed by atoms with E-state index in [0.717, 1.165) is 12.8 Å². The largest absolute Gasteiger partial charge is 0.383 e. The Bertz CT molecular complexity index is 527. The summed E-state index contributed by atoms with van der Waals surface area (Å²) in [6.45, 7) is 4.46. The number of pyridine rings is 1. The Balaban J connectivity index is 2.07. The summed E-state index contributed by atoms with van der Waals surface area (Å²) in [4.78, 5) is 4.00. The lowest BCUT2D eigenvalue weighted by Crippen LogP contribution is -2.30. The number of aromatic nitrogens is 1. The summed E-state index contributed by atoms with van der Waals surface area (Å²) < 4.78 is 32.5. The van der Waals surface area contributed by atoms with Crippen LogP contribution >= 0.6 is 0 Å². The number of hydrogen-bond acceptors (Lipinski definition) is 5. The third kappa shape index (κ3) is 3.91. The molecule has 6 nitrogen and oxygen atoms in total. The highest BCUT2D eigenvalue weighted by Gasteiger charge is 2.23. The Morgan fingerprint density at radius 2 is 2.35 bits per heavy atom. The maximum Gasteiger partial charge on any atom is 0.260 e. The predicted molar refractivity (Wildman–Crippen MR) is 77.1 cm³/mol. The number of ether oxygens (including phenoxy) is 1. The molecule has 1 aliphatic rings. The van der Waals surface area contributed by atoms with Gasteiger partial charge in [0.05, 0.1) is 12.3 Å². The summed E-state index contributed by atoms with van der Waals surface area (Å²) in [6, 6.07) is 3.46. The molecule has 7 heteroatoms. The van der Waals surface area contributed by atoms with E-state index in [1.165, 1.54) is 6.20 Å². The first-order valence-corrected chi connectivity index (χ1v) is 8.38. The van der Waals surface area contributed by atoms with Gasteiger partial charge in [-0.3, -0.25) is 0 Å². The molecular weight excluding hydrogens is 278 g/mol. The highest BCUT2D eigenvalue weighted by molar-refractivity contribution is 7.89. The van der Waals surface area contributed by atoms with Crippen molar-refractivity contribution in [3.63, 3.8) is 0 Å². The van der Waals surface area contributed by atoms with Crippen molar-refractivity contribution in [2.75, 3.05) is 31.6 Å². The summed E-state index contributed by atoms with van der Waals surface area (Å²) in [6.07, 6.45) is 3.30. The highest BCUT2D eigenvalue weighted by atomic mass is 32.2. The van der Waals surface area contributed by atoms with Crippen molar-refractivity contribution in [2.45, 2.75) is 24.8 Å². The van der Waals surface area contributed by atoms with E-state index in [0.29, 0.717) is 32.0 Å². The van der Waals surface area contributed by atoms with Crippen LogP contribution in [0.2, 0.25) is 0 Å². The van der Waals surface area contributed by atoms with Gasteiger partial charge in [0.2, 0.25) is 0 Å². The number of nitrogens with one attached hydrogen (secondary N) is 2. The van der Waals surface area contributed by atoms with E-state index in [1.54, 1.807) is 12.1 Å². The molecule has 2 N–H and O–H groups in total. The van der Waals surface area contributed by atoms with Crippen LogP contribution in [0.15, 0.2) is 23.4 Å². The average molecular weight is 299 g/mol. The molecule has 1 fully saturated rings. The quantitative estimate of drug-likeness (QED) is 0.791. The first kappa shape index (κ1) is 15.2. The zero-order valence-corrected chi connectivity index (χ0v) is 12.4. The fourth-order valence-corrected chi connectivity index (χ4v) is 3.26. The molecule has 0 spiro atoms. The molecule has 0 radical (unpaired) electrons. The van der Waals surface area contributed by atoms with Gasteiger partial charge in [-0.25, -0.2) is 18.1 Å². The topological polar surface area (TPSA) is 80.3 Å². The van der Waals surface area contributed by atoms with E-state index in [9.17, 15) is 8.42 Å².